The highest BCUT2D eigenvalue weighted by Crippen LogP contribution is 2.40. The molecule has 1 aromatic carbocycles. The normalized spacial score (nSPS) is 11.5. The first-order valence-corrected chi connectivity index (χ1v) is 6.81. The number of rotatable bonds is 4. The average Bonchev–Trinajstić information content (AvgIpc) is 3.00. The van der Waals surface area contributed by atoms with E-state index in [9.17, 15) is 27.2 Å². The lowest BCUT2D eigenvalue weighted by Crippen LogP contribution is -2.26. The SMILES string of the molecule is COC(=O)C(C(=O)OC)c1oc(-c2ccc(F)cc2)cc1C(F)(F)F. The van der Waals surface area contributed by atoms with Crippen molar-refractivity contribution in [1.82, 2.24) is 0 Å². The third kappa shape index (κ3) is 3.81. The van der Waals surface area contributed by atoms with Crippen LogP contribution in [0.25, 0.3) is 11.3 Å². The van der Waals surface area contributed by atoms with Crippen molar-refractivity contribution in [3.05, 3.63) is 47.5 Å². The smallest absolute Gasteiger partial charge is 0.419 e. The van der Waals surface area contributed by atoms with Gasteiger partial charge in [-0.2, -0.15) is 13.2 Å². The minimum Gasteiger partial charge on any atom is -0.468 e. The van der Waals surface area contributed by atoms with Gasteiger partial charge in [0.25, 0.3) is 0 Å². The van der Waals surface area contributed by atoms with Gasteiger partial charge in [-0.15, -0.1) is 0 Å². The zero-order valence-corrected chi connectivity index (χ0v) is 13.0. The maximum Gasteiger partial charge on any atom is 0.419 e. The quantitative estimate of drug-likeness (QED) is 0.474. The molecule has 0 fully saturated rings. The van der Waals surface area contributed by atoms with E-state index in [1.54, 1.807) is 0 Å². The Morgan fingerprint density at radius 1 is 1.04 bits per heavy atom. The van der Waals surface area contributed by atoms with Crippen LogP contribution in [0, 0.1) is 5.82 Å². The maximum atomic E-state index is 13.3. The number of carbonyl (C=O) groups is 2. The number of methoxy groups -OCH3 is 2. The fraction of sp³-hybridized carbons (Fsp3) is 0.250. The van der Waals surface area contributed by atoms with Gasteiger partial charge < -0.3 is 13.9 Å². The third-order valence-corrected chi connectivity index (χ3v) is 3.33. The molecule has 1 heterocycles. The molecular weight excluding hydrogens is 348 g/mol. The van der Waals surface area contributed by atoms with Crippen molar-refractivity contribution in [2.24, 2.45) is 0 Å². The van der Waals surface area contributed by atoms with Crippen LogP contribution < -0.4 is 0 Å². The van der Waals surface area contributed by atoms with Gasteiger partial charge in [0.2, 0.25) is 5.92 Å². The molecule has 9 heteroatoms. The molecule has 0 spiro atoms. The lowest BCUT2D eigenvalue weighted by Gasteiger charge is -2.13. The highest BCUT2D eigenvalue weighted by Gasteiger charge is 2.44. The van der Waals surface area contributed by atoms with Crippen LogP contribution in [-0.4, -0.2) is 26.2 Å². The van der Waals surface area contributed by atoms with E-state index in [1.165, 1.54) is 12.1 Å². The molecule has 0 N–H and O–H groups in total. The van der Waals surface area contributed by atoms with Crippen molar-refractivity contribution in [3.8, 4) is 11.3 Å². The molecule has 5 nitrogen and oxygen atoms in total. The Bertz CT molecular complexity index is 761. The zero-order chi connectivity index (χ0) is 18.8. The van der Waals surface area contributed by atoms with Gasteiger partial charge in [-0.25, -0.2) is 4.39 Å². The van der Waals surface area contributed by atoms with Crippen LogP contribution in [0.15, 0.2) is 34.7 Å². The van der Waals surface area contributed by atoms with E-state index < -0.39 is 41.2 Å². The summed E-state index contributed by atoms with van der Waals surface area (Å²) in [4.78, 5) is 23.6. The number of benzene rings is 1. The molecule has 0 aliphatic heterocycles. The predicted octanol–water partition coefficient (Wildman–Crippen LogP) is 3.53. The summed E-state index contributed by atoms with van der Waals surface area (Å²) >= 11 is 0. The van der Waals surface area contributed by atoms with Crippen molar-refractivity contribution >= 4 is 11.9 Å². The molecule has 0 aliphatic rings. The Morgan fingerprint density at radius 3 is 2.00 bits per heavy atom. The number of alkyl halides is 3. The van der Waals surface area contributed by atoms with Crippen LogP contribution >= 0.6 is 0 Å². The Hall–Kier alpha value is -2.84. The van der Waals surface area contributed by atoms with Crippen LogP contribution in [0.5, 0.6) is 0 Å². The summed E-state index contributed by atoms with van der Waals surface area (Å²) in [6.07, 6.45) is -4.91. The molecule has 25 heavy (non-hydrogen) atoms. The van der Waals surface area contributed by atoms with Crippen molar-refractivity contribution in [2.45, 2.75) is 12.1 Å². The van der Waals surface area contributed by atoms with Gasteiger partial charge in [0, 0.05) is 5.56 Å². The van der Waals surface area contributed by atoms with Gasteiger partial charge in [-0.05, 0) is 30.3 Å². The summed E-state index contributed by atoms with van der Waals surface area (Å²) in [7, 11) is 1.82. The number of furan rings is 1. The summed E-state index contributed by atoms with van der Waals surface area (Å²) in [5.41, 5.74) is -1.20. The lowest BCUT2D eigenvalue weighted by molar-refractivity contribution is -0.155. The molecule has 1 aromatic heterocycles. The van der Waals surface area contributed by atoms with Crippen molar-refractivity contribution in [1.29, 1.82) is 0 Å². The molecule has 134 valence electrons. The summed E-state index contributed by atoms with van der Waals surface area (Å²) < 4.78 is 66.8. The fourth-order valence-electron chi connectivity index (χ4n) is 2.14. The Labute approximate surface area is 139 Å². The molecule has 2 aromatic rings. The van der Waals surface area contributed by atoms with E-state index in [0.717, 1.165) is 26.4 Å². The molecule has 0 saturated heterocycles. The largest absolute Gasteiger partial charge is 0.468 e. The second-order valence-electron chi connectivity index (χ2n) is 4.87. The van der Waals surface area contributed by atoms with E-state index in [2.05, 4.69) is 9.47 Å². The number of esters is 2. The number of hydrogen-bond acceptors (Lipinski definition) is 5. The van der Waals surface area contributed by atoms with Crippen LogP contribution in [0.4, 0.5) is 17.6 Å². The second kappa shape index (κ2) is 6.96. The van der Waals surface area contributed by atoms with E-state index in [-0.39, 0.29) is 11.3 Å². The first kappa shape index (κ1) is 18.5. The van der Waals surface area contributed by atoms with Crippen molar-refractivity contribution in [2.75, 3.05) is 14.2 Å². The summed E-state index contributed by atoms with van der Waals surface area (Å²) in [5.74, 6) is -6.41. The number of carbonyl (C=O) groups excluding carboxylic acids is 2. The Balaban J connectivity index is 2.64. The number of halogens is 4. The van der Waals surface area contributed by atoms with Gasteiger partial charge in [0.05, 0.1) is 19.8 Å². The van der Waals surface area contributed by atoms with Crippen LogP contribution in [0.2, 0.25) is 0 Å². The van der Waals surface area contributed by atoms with Gasteiger partial charge in [-0.1, -0.05) is 0 Å². The van der Waals surface area contributed by atoms with Gasteiger partial charge in [-0.3, -0.25) is 9.59 Å². The average molecular weight is 360 g/mol. The first-order chi connectivity index (χ1) is 11.7. The molecule has 0 amide bonds. The second-order valence-corrected chi connectivity index (χ2v) is 4.87. The Kier molecular flexibility index (Phi) is 5.15. The molecular formula is C16H12F4O5. The third-order valence-electron chi connectivity index (χ3n) is 3.33. The summed E-state index contributed by atoms with van der Waals surface area (Å²) in [6.45, 7) is 0. The minimum absolute atomic E-state index is 0.131. The molecule has 2 rings (SSSR count). The van der Waals surface area contributed by atoms with Crippen LogP contribution in [0.1, 0.15) is 17.2 Å². The van der Waals surface area contributed by atoms with Crippen LogP contribution in [-0.2, 0) is 25.2 Å². The van der Waals surface area contributed by atoms with E-state index >= 15 is 0 Å². The Morgan fingerprint density at radius 2 is 1.56 bits per heavy atom. The predicted molar refractivity (Wildman–Crippen MR) is 75.9 cm³/mol. The standard InChI is InChI=1S/C16H12F4O5/c1-23-14(21)12(15(22)24-2)13-10(16(18,19)20)7-11(25-13)8-3-5-9(17)6-4-8/h3-7,12H,1-2H3. The molecule has 0 saturated carbocycles. The summed E-state index contributed by atoms with van der Waals surface area (Å²) in [6, 6.07) is 5.08. The van der Waals surface area contributed by atoms with Crippen molar-refractivity contribution in [3.63, 3.8) is 0 Å². The lowest BCUT2D eigenvalue weighted by atomic mass is 10.0. The molecule has 0 aliphatic carbocycles. The summed E-state index contributed by atoms with van der Waals surface area (Å²) in [5, 5.41) is 0. The van der Waals surface area contributed by atoms with E-state index in [1.807, 2.05) is 0 Å². The molecule has 0 atom stereocenters. The number of hydrogen-bond donors (Lipinski definition) is 0. The monoisotopic (exact) mass is 360 g/mol. The van der Waals surface area contributed by atoms with Crippen molar-refractivity contribution < 1.29 is 41.0 Å². The molecule has 0 radical (unpaired) electrons. The van der Waals surface area contributed by atoms with E-state index in [4.69, 9.17) is 4.42 Å². The van der Waals surface area contributed by atoms with E-state index in [0.29, 0.717) is 6.07 Å². The highest BCUT2D eigenvalue weighted by atomic mass is 19.4. The number of ether oxygens (including phenoxy) is 2. The van der Waals surface area contributed by atoms with Gasteiger partial charge in [0.1, 0.15) is 17.3 Å². The first-order valence-electron chi connectivity index (χ1n) is 6.81. The minimum atomic E-state index is -4.91. The van der Waals surface area contributed by atoms with Gasteiger partial charge >= 0.3 is 18.1 Å². The topological polar surface area (TPSA) is 65.7 Å². The zero-order valence-electron chi connectivity index (χ0n) is 13.0. The molecule has 0 bridgehead atoms. The van der Waals surface area contributed by atoms with Crippen LogP contribution in [0.3, 0.4) is 0 Å². The highest BCUT2D eigenvalue weighted by molar-refractivity contribution is 6.00. The van der Waals surface area contributed by atoms with Gasteiger partial charge in [0.15, 0.2) is 0 Å². The molecule has 0 unspecified atom stereocenters. The maximum absolute atomic E-state index is 13.3. The fourth-order valence-corrected chi connectivity index (χ4v) is 2.14.